The molecule has 2 atom stereocenters. The number of rotatable bonds is 2. The van der Waals surface area contributed by atoms with Gasteiger partial charge in [0.05, 0.1) is 17.8 Å². The molecule has 0 saturated carbocycles. The van der Waals surface area contributed by atoms with E-state index in [0.717, 1.165) is 23.3 Å². The highest BCUT2D eigenvalue weighted by atomic mass is 16.6. The van der Waals surface area contributed by atoms with Gasteiger partial charge < -0.3 is 9.47 Å². The molecule has 2 aromatic rings. The average molecular weight is 309 g/mol. The molecule has 0 aromatic heterocycles. The van der Waals surface area contributed by atoms with Gasteiger partial charge in [-0.15, -0.1) is 0 Å². The van der Waals surface area contributed by atoms with Gasteiger partial charge in [0, 0.05) is 29.2 Å². The summed E-state index contributed by atoms with van der Waals surface area (Å²) in [7, 11) is 0. The first-order valence-electron chi connectivity index (χ1n) is 7.54. The number of nitro benzene ring substituents is 1. The van der Waals surface area contributed by atoms with E-state index < -0.39 is 4.92 Å². The first-order chi connectivity index (χ1) is 11.2. The second-order valence-corrected chi connectivity index (χ2v) is 5.79. The standard InChI is InChI=1S/C18H15NO4/c20-19(21)14-7-5-12(6-8-14)18-9-13-10-22-17-4-2-1-3-15(17)16(13)11-23-18/h1-8,11,13,18H,9-10H2. The second kappa shape index (κ2) is 5.43. The Morgan fingerprint density at radius 3 is 2.65 bits per heavy atom. The lowest BCUT2D eigenvalue weighted by Crippen LogP contribution is -2.25. The van der Waals surface area contributed by atoms with Crippen molar-refractivity contribution in [3.05, 3.63) is 76.0 Å². The molecule has 2 aliphatic heterocycles. The summed E-state index contributed by atoms with van der Waals surface area (Å²) in [5, 5.41) is 10.7. The number of nitro groups is 1. The van der Waals surface area contributed by atoms with Crippen molar-refractivity contribution in [3.8, 4) is 5.75 Å². The molecule has 0 radical (unpaired) electrons. The number of benzene rings is 2. The van der Waals surface area contributed by atoms with E-state index >= 15 is 0 Å². The molecule has 0 saturated heterocycles. The van der Waals surface area contributed by atoms with Gasteiger partial charge in [-0.2, -0.15) is 0 Å². The maximum Gasteiger partial charge on any atom is 0.269 e. The molecule has 5 nitrogen and oxygen atoms in total. The molecule has 2 aromatic carbocycles. The van der Waals surface area contributed by atoms with Crippen molar-refractivity contribution in [2.45, 2.75) is 12.5 Å². The smallest absolute Gasteiger partial charge is 0.269 e. The van der Waals surface area contributed by atoms with Crippen LogP contribution >= 0.6 is 0 Å². The molecule has 0 bridgehead atoms. The lowest BCUT2D eigenvalue weighted by Gasteiger charge is -2.34. The van der Waals surface area contributed by atoms with Crippen molar-refractivity contribution in [2.24, 2.45) is 5.92 Å². The fourth-order valence-corrected chi connectivity index (χ4v) is 3.18. The number of hydrogen-bond acceptors (Lipinski definition) is 4. The van der Waals surface area contributed by atoms with Gasteiger partial charge in [0.1, 0.15) is 11.9 Å². The van der Waals surface area contributed by atoms with Gasteiger partial charge in [0.15, 0.2) is 0 Å². The highest BCUT2D eigenvalue weighted by molar-refractivity contribution is 5.73. The molecule has 23 heavy (non-hydrogen) atoms. The average Bonchev–Trinajstić information content (AvgIpc) is 2.61. The van der Waals surface area contributed by atoms with Crippen LogP contribution in [0.1, 0.15) is 23.7 Å². The Hall–Kier alpha value is -2.82. The van der Waals surface area contributed by atoms with Crippen molar-refractivity contribution in [1.29, 1.82) is 0 Å². The van der Waals surface area contributed by atoms with Gasteiger partial charge in [-0.1, -0.05) is 18.2 Å². The first kappa shape index (κ1) is 13.8. The summed E-state index contributed by atoms with van der Waals surface area (Å²) in [4.78, 5) is 10.3. The first-order valence-corrected chi connectivity index (χ1v) is 7.54. The van der Waals surface area contributed by atoms with Crippen LogP contribution in [0.25, 0.3) is 5.57 Å². The summed E-state index contributed by atoms with van der Waals surface area (Å²) in [6.45, 7) is 0.635. The summed E-state index contributed by atoms with van der Waals surface area (Å²) < 4.78 is 11.7. The Morgan fingerprint density at radius 1 is 1.09 bits per heavy atom. The third-order valence-electron chi connectivity index (χ3n) is 4.41. The van der Waals surface area contributed by atoms with E-state index in [0.29, 0.717) is 6.61 Å². The van der Waals surface area contributed by atoms with E-state index in [9.17, 15) is 10.1 Å². The van der Waals surface area contributed by atoms with E-state index in [1.165, 1.54) is 17.7 Å². The molecular weight excluding hydrogens is 294 g/mol. The predicted molar refractivity (Wildman–Crippen MR) is 84.9 cm³/mol. The van der Waals surface area contributed by atoms with Crippen LogP contribution in [-0.2, 0) is 4.74 Å². The largest absolute Gasteiger partial charge is 0.493 e. The van der Waals surface area contributed by atoms with E-state index in [4.69, 9.17) is 9.47 Å². The predicted octanol–water partition coefficient (Wildman–Crippen LogP) is 4.11. The van der Waals surface area contributed by atoms with Crippen molar-refractivity contribution in [1.82, 2.24) is 0 Å². The van der Waals surface area contributed by atoms with Crippen LogP contribution < -0.4 is 4.74 Å². The molecule has 2 aliphatic rings. The number of para-hydroxylation sites is 1. The summed E-state index contributed by atoms with van der Waals surface area (Å²) in [5.74, 6) is 1.17. The SMILES string of the molecule is O=[N+]([O-])c1ccc(C2CC3COc4ccccc4C3=CO2)cc1. The Balaban J connectivity index is 1.60. The summed E-state index contributed by atoms with van der Waals surface area (Å²) in [6.07, 6.45) is 2.53. The van der Waals surface area contributed by atoms with Gasteiger partial charge in [-0.3, -0.25) is 10.1 Å². The fraction of sp³-hybridized carbons (Fsp3) is 0.222. The highest BCUT2D eigenvalue weighted by Crippen LogP contribution is 2.44. The minimum absolute atomic E-state index is 0.0933. The number of hydrogen-bond donors (Lipinski definition) is 0. The van der Waals surface area contributed by atoms with Crippen LogP contribution in [0.5, 0.6) is 5.75 Å². The van der Waals surface area contributed by atoms with Gasteiger partial charge in [0.2, 0.25) is 0 Å². The van der Waals surface area contributed by atoms with E-state index in [-0.39, 0.29) is 17.7 Å². The summed E-state index contributed by atoms with van der Waals surface area (Å²) in [6, 6.07) is 14.5. The van der Waals surface area contributed by atoms with E-state index in [2.05, 4.69) is 0 Å². The monoisotopic (exact) mass is 309 g/mol. The van der Waals surface area contributed by atoms with Gasteiger partial charge in [-0.25, -0.2) is 0 Å². The summed E-state index contributed by atoms with van der Waals surface area (Å²) >= 11 is 0. The Morgan fingerprint density at radius 2 is 1.87 bits per heavy atom. The number of non-ortho nitro benzene ring substituents is 1. The normalized spacial score (nSPS) is 22.0. The highest BCUT2D eigenvalue weighted by Gasteiger charge is 2.32. The molecule has 0 fully saturated rings. The van der Waals surface area contributed by atoms with Crippen LogP contribution in [0, 0.1) is 16.0 Å². The molecule has 0 N–H and O–H groups in total. The third kappa shape index (κ3) is 2.44. The molecule has 0 amide bonds. The van der Waals surface area contributed by atoms with Gasteiger partial charge >= 0.3 is 0 Å². The van der Waals surface area contributed by atoms with Crippen LogP contribution in [0.3, 0.4) is 0 Å². The van der Waals surface area contributed by atoms with Crippen molar-refractivity contribution in [3.63, 3.8) is 0 Å². The molecule has 116 valence electrons. The van der Waals surface area contributed by atoms with Crippen LogP contribution in [0.2, 0.25) is 0 Å². The number of nitrogens with zero attached hydrogens (tertiary/aromatic N) is 1. The Labute approximate surface area is 133 Å². The van der Waals surface area contributed by atoms with E-state index in [1.54, 1.807) is 12.1 Å². The Bertz CT molecular complexity index is 782. The third-order valence-corrected chi connectivity index (χ3v) is 4.41. The van der Waals surface area contributed by atoms with Crippen LogP contribution in [0.4, 0.5) is 5.69 Å². The quantitative estimate of drug-likeness (QED) is 0.619. The molecule has 0 aliphatic carbocycles. The fourth-order valence-electron chi connectivity index (χ4n) is 3.18. The lowest BCUT2D eigenvalue weighted by molar-refractivity contribution is -0.384. The van der Waals surface area contributed by atoms with Gasteiger partial charge in [0.25, 0.3) is 5.69 Å². The molecule has 2 heterocycles. The van der Waals surface area contributed by atoms with E-state index in [1.807, 2.05) is 30.5 Å². The zero-order valence-corrected chi connectivity index (χ0v) is 12.3. The van der Waals surface area contributed by atoms with Crippen molar-refractivity contribution < 1.29 is 14.4 Å². The topological polar surface area (TPSA) is 61.6 Å². The molecule has 4 rings (SSSR count). The molecule has 0 spiro atoms. The van der Waals surface area contributed by atoms with Gasteiger partial charge in [-0.05, 0) is 30.2 Å². The number of fused-ring (bicyclic) bond motifs is 3. The number of ether oxygens (including phenoxy) is 2. The molecule has 2 unspecified atom stereocenters. The molecular formula is C18H15NO4. The Kier molecular flexibility index (Phi) is 3.26. The zero-order chi connectivity index (χ0) is 15.8. The maximum atomic E-state index is 10.7. The maximum absolute atomic E-state index is 10.7. The second-order valence-electron chi connectivity index (χ2n) is 5.79. The minimum atomic E-state index is -0.393. The van der Waals surface area contributed by atoms with Crippen molar-refractivity contribution >= 4 is 11.3 Å². The molecule has 5 heteroatoms. The van der Waals surface area contributed by atoms with Crippen molar-refractivity contribution in [2.75, 3.05) is 6.61 Å². The summed E-state index contributed by atoms with van der Waals surface area (Å²) in [5.41, 5.74) is 3.30. The van der Waals surface area contributed by atoms with Crippen LogP contribution in [-0.4, -0.2) is 11.5 Å². The minimum Gasteiger partial charge on any atom is -0.493 e. The lowest BCUT2D eigenvalue weighted by atomic mass is 9.84. The zero-order valence-electron chi connectivity index (χ0n) is 12.3. The van der Waals surface area contributed by atoms with Crippen LogP contribution in [0.15, 0.2) is 54.8 Å².